The lowest BCUT2D eigenvalue weighted by Gasteiger charge is -2.19. The van der Waals surface area contributed by atoms with Crippen molar-refractivity contribution in [3.63, 3.8) is 0 Å². The van der Waals surface area contributed by atoms with Crippen LogP contribution in [0.4, 0.5) is 0 Å². The van der Waals surface area contributed by atoms with Crippen molar-refractivity contribution in [2.75, 3.05) is 0 Å². The van der Waals surface area contributed by atoms with Crippen molar-refractivity contribution in [2.45, 2.75) is 19.8 Å². The number of hydrogen-bond donors (Lipinski definition) is 0. The van der Waals surface area contributed by atoms with Crippen LogP contribution in [-0.2, 0) is 0 Å². The fourth-order valence-electron chi connectivity index (χ4n) is 3.46. The number of ether oxygens (including phenoxy) is 1. The van der Waals surface area contributed by atoms with Crippen molar-refractivity contribution in [3.8, 4) is 5.75 Å². The van der Waals surface area contributed by atoms with E-state index in [1.54, 1.807) is 0 Å². The number of para-hydroxylation sites is 1. The molecule has 0 radical (unpaired) electrons. The van der Waals surface area contributed by atoms with Crippen molar-refractivity contribution in [1.82, 2.24) is 0 Å². The van der Waals surface area contributed by atoms with Crippen molar-refractivity contribution in [1.29, 1.82) is 0 Å². The molecule has 0 N–H and O–H groups in total. The number of aryl methyl sites for hydroxylation is 2. The largest absolute Gasteiger partial charge is 0.455 e. The molecule has 27 heavy (non-hydrogen) atoms. The van der Waals surface area contributed by atoms with Crippen LogP contribution in [0.1, 0.15) is 33.7 Å². The zero-order valence-corrected chi connectivity index (χ0v) is 16.3. The molecule has 1 aliphatic rings. The molecular formula is C25H21ClO. The van der Waals surface area contributed by atoms with Gasteiger partial charge in [-0.05, 0) is 31.1 Å². The van der Waals surface area contributed by atoms with Crippen LogP contribution in [0, 0.1) is 13.8 Å². The highest BCUT2D eigenvalue weighted by atomic mass is 35.5. The van der Waals surface area contributed by atoms with E-state index < -0.39 is 0 Å². The van der Waals surface area contributed by atoms with Crippen molar-refractivity contribution in [2.24, 2.45) is 0 Å². The monoisotopic (exact) mass is 372 g/mol. The Labute approximate surface area is 165 Å². The SMILES string of the molecule is C=C1C(Cl)=C(c2ccc(C)cc2)Oc2ccccc2[C@@H]1c1ccc(C)cc1. The van der Waals surface area contributed by atoms with Crippen LogP contribution in [0.25, 0.3) is 5.76 Å². The molecule has 1 heterocycles. The summed E-state index contributed by atoms with van der Waals surface area (Å²) in [6.07, 6.45) is 0. The van der Waals surface area contributed by atoms with E-state index in [0.717, 1.165) is 28.0 Å². The maximum Gasteiger partial charge on any atom is 0.153 e. The Morgan fingerprint density at radius 1 is 0.815 bits per heavy atom. The summed E-state index contributed by atoms with van der Waals surface area (Å²) in [6.45, 7) is 8.51. The smallest absolute Gasteiger partial charge is 0.153 e. The highest BCUT2D eigenvalue weighted by Crippen LogP contribution is 2.46. The van der Waals surface area contributed by atoms with Gasteiger partial charge in [-0.2, -0.15) is 0 Å². The first-order valence-corrected chi connectivity index (χ1v) is 9.41. The number of halogens is 1. The highest BCUT2D eigenvalue weighted by molar-refractivity contribution is 6.35. The Hall–Kier alpha value is -2.77. The molecule has 1 aliphatic heterocycles. The van der Waals surface area contributed by atoms with Gasteiger partial charge in [0, 0.05) is 17.0 Å². The molecule has 0 fully saturated rings. The van der Waals surface area contributed by atoms with Crippen molar-refractivity contribution < 1.29 is 4.74 Å². The average molecular weight is 373 g/mol. The molecule has 1 nitrogen and oxygen atoms in total. The molecule has 0 amide bonds. The third kappa shape index (κ3) is 3.31. The van der Waals surface area contributed by atoms with Crippen LogP contribution in [0.2, 0.25) is 0 Å². The fourth-order valence-corrected chi connectivity index (χ4v) is 3.71. The molecular weight excluding hydrogens is 352 g/mol. The molecule has 0 spiro atoms. The van der Waals surface area contributed by atoms with E-state index in [0.29, 0.717) is 10.8 Å². The zero-order valence-electron chi connectivity index (χ0n) is 15.5. The molecule has 0 saturated heterocycles. The second-order valence-electron chi connectivity index (χ2n) is 7.02. The summed E-state index contributed by atoms with van der Waals surface area (Å²) < 4.78 is 6.33. The maximum absolute atomic E-state index is 6.83. The quantitative estimate of drug-likeness (QED) is 0.471. The molecule has 4 rings (SSSR count). The normalized spacial score (nSPS) is 16.6. The summed E-state index contributed by atoms with van der Waals surface area (Å²) in [6, 6.07) is 24.8. The van der Waals surface area contributed by atoms with Crippen LogP contribution < -0.4 is 4.74 Å². The lowest BCUT2D eigenvalue weighted by Crippen LogP contribution is -2.04. The highest BCUT2D eigenvalue weighted by Gasteiger charge is 2.29. The van der Waals surface area contributed by atoms with Gasteiger partial charge < -0.3 is 4.74 Å². The number of benzene rings is 3. The van der Waals surface area contributed by atoms with Gasteiger partial charge in [-0.25, -0.2) is 0 Å². The van der Waals surface area contributed by atoms with Crippen molar-refractivity contribution >= 4 is 17.4 Å². The molecule has 2 heteroatoms. The Balaban J connectivity index is 1.90. The minimum absolute atomic E-state index is 0.0442. The Kier molecular flexibility index (Phi) is 4.63. The van der Waals surface area contributed by atoms with Gasteiger partial charge in [-0.1, -0.05) is 96.0 Å². The van der Waals surface area contributed by atoms with E-state index in [-0.39, 0.29) is 5.92 Å². The molecule has 0 bridgehead atoms. The predicted octanol–water partition coefficient (Wildman–Crippen LogP) is 6.99. The summed E-state index contributed by atoms with van der Waals surface area (Å²) >= 11 is 6.83. The minimum atomic E-state index is -0.0442. The Bertz CT molecular complexity index is 1030. The molecule has 0 aliphatic carbocycles. The fraction of sp³-hybridized carbons (Fsp3) is 0.120. The second kappa shape index (κ2) is 7.09. The molecule has 0 saturated carbocycles. The van der Waals surface area contributed by atoms with Crippen LogP contribution in [0.15, 0.2) is 90.0 Å². The Morgan fingerprint density at radius 3 is 2.07 bits per heavy atom. The van der Waals surface area contributed by atoms with E-state index in [4.69, 9.17) is 16.3 Å². The van der Waals surface area contributed by atoms with Crippen LogP contribution in [0.5, 0.6) is 5.75 Å². The molecule has 0 unspecified atom stereocenters. The van der Waals surface area contributed by atoms with Gasteiger partial charge in [-0.15, -0.1) is 0 Å². The summed E-state index contributed by atoms with van der Waals surface area (Å²) in [5.41, 5.74) is 6.45. The van der Waals surface area contributed by atoms with Gasteiger partial charge >= 0.3 is 0 Å². The average Bonchev–Trinajstić information content (AvgIpc) is 2.79. The number of rotatable bonds is 2. The van der Waals surface area contributed by atoms with Crippen molar-refractivity contribution in [3.05, 3.63) is 118 Å². The van der Waals surface area contributed by atoms with Gasteiger partial charge in [-0.3, -0.25) is 0 Å². The lowest BCUT2D eigenvalue weighted by molar-refractivity contribution is 0.510. The standard InChI is InChI=1S/C25H21ClO/c1-16-8-12-19(13-9-16)23-18(3)24(26)25(20-14-10-17(2)11-15-20)27-22-7-5-4-6-21(22)23/h4-15,23H,3H2,1-2H3/t23-/m0/s1. The summed E-state index contributed by atoms with van der Waals surface area (Å²) in [5.74, 6) is 1.43. The minimum Gasteiger partial charge on any atom is -0.455 e. The second-order valence-corrected chi connectivity index (χ2v) is 7.40. The van der Waals surface area contributed by atoms with Gasteiger partial charge in [0.15, 0.2) is 5.76 Å². The first-order chi connectivity index (χ1) is 13.0. The van der Waals surface area contributed by atoms with Gasteiger partial charge in [0.1, 0.15) is 5.75 Å². The van der Waals surface area contributed by atoms with E-state index in [9.17, 15) is 0 Å². The van der Waals surface area contributed by atoms with E-state index in [2.05, 4.69) is 62.9 Å². The van der Waals surface area contributed by atoms with E-state index in [1.165, 1.54) is 11.1 Å². The predicted molar refractivity (Wildman–Crippen MR) is 113 cm³/mol. The molecule has 0 aromatic heterocycles. The summed E-state index contributed by atoms with van der Waals surface area (Å²) in [7, 11) is 0. The summed E-state index contributed by atoms with van der Waals surface area (Å²) in [4.78, 5) is 0. The van der Waals surface area contributed by atoms with Crippen LogP contribution in [-0.4, -0.2) is 0 Å². The third-order valence-corrected chi connectivity index (χ3v) is 5.41. The topological polar surface area (TPSA) is 9.23 Å². The van der Waals surface area contributed by atoms with E-state index in [1.807, 2.05) is 30.3 Å². The van der Waals surface area contributed by atoms with E-state index >= 15 is 0 Å². The number of hydrogen-bond acceptors (Lipinski definition) is 1. The molecule has 1 atom stereocenters. The van der Waals surface area contributed by atoms with Gasteiger partial charge in [0.25, 0.3) is 0 Å². The molecule has 134 valence electrons. The Morgan fingerprint density at radius 2 is 1.41 bits per heavy atom. The lowest BCUT2D eigenvalue weighted by atomic mass is 9.84. The number of allylic oxidation sites excluding steroid dienone is 2. The maximum atomic E-state index is 6.83. The first-order valence-electron chi connectivity index (χ1n) is 9.04. The number of fused-ring (bicyclic) bond motifs is 1. The first kappa shape index (κ1) is 17.6. The molecule has 3 aromatic carbocycles. The van der Waals surface area contributed by atoms with Gasteiger partial charge in [0.05, 0.1) is 5.03 Å². The summed E-state index contributed by atoms with van der Waals surface area (Å²) in [5, 5.41) is 0.570. The third-order valence-electron chi connectivity index (χ3n) is 5.00. The zero-order chi connectivity index (χ0) is 19.0. The van der Waals surface area contributed by atoms with Crippen LogP contribution in [0.3, 0.4) is 0 Å². The molecule has 3 aromatic rings. The van der Waals surface area contributed by atoms with Gasteiger partial charge in [0.2, 0.25) is 0 Å². The van der Waals surface area contributed by atoms with Crippen LogP contribution >= 0.6 is 11.6 Å².